The molecule has 0 fully saturated rings. The number of allylic oxidation sites excluding steroid dienone is 4. The molecule has 0 aliphatic heterocycles. The molecule has 0 aromatic heterocycles. The molecule has 0 saturated carbocycles. The van der Waals surface area contributed by atoms with E-state index in [-0.39, 0.29) is 5.78 Å². The van der Waals surface area contributed by atoms with Crippen LogP contribution in [0.25, 0.3) is 0 Å². The van der Waals surface area contributed by atoms with Crippen molar-refractivity contribution in [2.24, 2.45) is 17.6 Å². The van der Waals surface area contributed by atoms with E-state index in [1.807, 2.05) is 7.05 Å². The minimum absolute atomic E-state index is 0.141. The summed E-state index contributed by atoms with van der Waals surface area (Å²) in [7, 11) is 4.75. The van der Waals surface area contributed by atoms with Gasteiger partial charge in [0.2, 0.25) is 5.78 Å². The van der Waals surface area contributed by atoms with E-state index in [0.717, 1.165) is 6.54 Å². The summed E-state index contributed by atoms with van der Waals surface area (Å²) in [4.78, 5) is 11.3. The fraction of sp³-hybridized carbons (Fsp3) is 0.400. The molecule has 0 amide bonds. The Bertz CT molecular complexity index is 545. The summed E-state index contributed by atoms with van der Waals surface area (Å²) in [6.45, 7) is 7.59. The highest BCUT2D eigenvalue weighted by molar-refractivity contribution is 7.23. The predicted octanol–water partition coefficient (Wildman–Crippen LogP) is 1.06. The molecule has 2 aliphatic rings. The Morgan fingerprint density at radius 1 is 1.50 bits per heavy atom. The lowest BCUT2D eigenvalue weighted by molar-refractivity contribution is -0.113. The zero-order chi connectivity index (χ0) is 14.9. The van der Waals surface area contributed by atoms with Crippen LogP contribution in [0.5, 0.6) is 0 Å². The first kappa shape index (κ1) is 15.0. The Balaban J connectivity index is 2.07. The average molecular weight is 291 g/mol. The lowest BCUT2D eigenvalue weighted by Gasteiger charge is -2.31. The molecule has 0 bridgehead atoms. The molecule has 0 aromatic rings. The third-order valence-electron chi connectivity index (χ3n) is 4.07. The number of carbonyl (C=O) groups excluding carboxylic acids is 1. The molecule has 2 aliphatic carbocycles. The lowest BCUT2D eigenvalue weighted by Crippen LogP contribution is -2.37. The van der Waals surface area contributed by atoms with E-state index in [2.05, 4.69) is 45.5 Å². The summed E-state index contributed by atoms with van der Waals surface area (Å²) in [6.07, 6.45) is 4.38. The molecule has 5 heteroatoms. The van der Waals surface area contributed by atoms with E-state index >= 15 is 0 Å². The third-order valence-corrected chi connectivity index (χ3v) is 4.63. The van der Waals surface area contributed by atoms with Gasteiger partial charge in [0, 0.05) is 18.7 Å². The van der Waals surface area contributed by atoms with E-state index in [1.54, 1.807) is 0 Å². The maximum atomic E-state index is 11.3. The Morgan fingerprint density at radius 2 is 2.20 bits per heavy atom. The van der Waals surface area contributed by atoms with Crippen molar-refractivity contribution in [2.45, 2.75) is 6.92 Å². The van der Waals surface area contributed by atoms with Gasteiger partial charge < -0.3 is 16.4 Å². The van der Waals surface area contributed by atoms with E-state index in [1.165, 1.54) is 10.9 Å². The molecule has 0 heterocycles. The van der Waals surface area contributed by atoms with Crippen molar-refractivity contribution in [1.29, 1.82) is 0 Å². The molecular formula is C15H22N3OP. The van der Waals surface area contributed by atoms with Crippen LogP contribution in [0.1, 0.15) is 6.92 Å². The number of carbonyl (C=O) groups is 1. The third kappa shape index (κ3) is 2.58. The molecule has 4 N–H and O–H groups in total. The normalized spacial score (nSPS) is 26.1. The second-order valence-corrected chi connectivity index (χ2v) is 5.92. The predicted molar refractivity (Wildman–Crippen MR) is 85.8 cm³/mol. The van der Waals surface area contributed by atoms with Gasteiger partial charge in [0.15, 0.2) is 0 Å². The minimum atomic E-state index is -0.141. The van der Waals surface area contributed by atoms with Crippen LogP contribution in [0, 0.1) is 11.8 Å². The Hall–Kier alpha value is -1.38. The Labute approximate surface area is 122 Å². The number of ketones is 1. The molecular weight excluding hydrogens is 269 g/mol. The first-order chi connectivity index (χ1) is 9.47. The van der Waals surface area contributed by atoms with Crippen molar-refractivity contribution >= 4 is 15.0 Å². The van der Waals surface area contributed by atoms with Crippen LogP contribution in [0.2, 0.25) is 0 Å². The zero-order valence-corrected chi connectivity index (χ0v) is 13.1. The van der Waals surface area contributed by atoms with Crippen LogP contribution >= 0.6 is 9.24 Å². The number of Topliss-reactive ketones (excluding diaryl/α,β-unsaturated/α-hetero) is 1. The topological polar surface area (TPSA) is 67.2 Å². The summed E-state index contributed by atoms with van der Waals surface area (Å²) < 4.78 is 0. The summed E-state index contributed by atoms with van der Waals surface area (Å²) in [5.41, 5.74) is 8.49. The second kappa shape index (κ2) is 5.94. The van der Waals surface area contributed by atoms with Crippen molar-refractivity contribution < 1.29 is 4.79 Å². The standard InChI is InChI=1S/C15H22N3OP/c1-8-10(6-17-3)4-5-12(20)11(8)7-18-14-9(2)15(19)13(14)16/h4-5,8,10,17-18H,2,6-7,16,20H2,1,3H3. The van der Waals surface area contributed by atoms with Crippen molar-refractivity contribution in [1.82, 2.24) is 10.6 Å². The lowest BCUT2D eigenvalue weighted by atomic mass is 9.83. The quantitative estimate of drug-likeness (QED) is 0.523. The van der Waals surface area contributed by atoms with Gasteiger partial charge in [0.05, 0.1) is 5.70 Å². The molecule has 0 radical (unpaired) electrons. The average Bonchev–Trinajstić information content (AvgIpc) is 2.44. The van der Waals surface area contributed by atoms with Crippen molar-refractivity contribution in [3.63, 3.8) is 0 Å². The Kier molecular flexibility index (Phi) is 4.46. The fourth-order valence-electron chi connectivity index (χ4n) is 2.64. The zero-order valence-electron chi connectivity index (χ0n) is 12.0. The first-order valence-corrected chi connectivity index (χ1v) is 7.34. The number of hydrogen-bond acceptors (Lipinski definition) is 4. The van der Waals surface area contributed by atoms with Gasteiger partial charge in [-0.25, -0.2) is 0 Å². The highest BCUT2D eigenvalue weighted by atomic mass is 31.0. The maximum Gasteiger partial charge on any atom is 0.212 e. The highest BCUT2D eigenvalue weighted by Crippen LogP contribution is 2.33. The molecule has 0 aromatic carbocycles. The maximum absolute atomic E-state index is 11.3. The van der Waals surface area contributed by atoms with Crippen LogP contribution in [-0.2, 0) is 4.79 Å². The van der Waals surface area contributed by atoms with Crippen LogP contribution in [0.4, 0.5) is 0 Å². The fourth-order valence-corrected chi connectivity index (χ4v) is 3.12. The second-order valence-electron chi connectivity index (χ2n) is 5.30. The smallest absolute Gasteiger partial charge is 0.212 e. The largest absolute Gasteiger partial charge is 0.394 e. The van der Waals surface area contributed by atoms with Gasteiger partial charge in [0.25, 0.3) is 0 Å². The number of nitrogens with one attached hydrogen (secondary N) is 2. The van der Waals surface area contributed by atoms with Crippen molar-refractivity contribution in [2.75, 3.05) is 20.1 Å². The Morgan fingerprint density at radius 3 is 2.80 bits per heavy atom. The van der Waals surface area contributed by atoms with Crippen LogP contribution in [-0.4, -0.2) is 25.9 Å². The van der Waals surface area contributed by atoms with Gasteiger partial charge in [0.1, 0.15) is 5.70 Å². The SMILES string of the molecule is C=C1C(=O)C(N)=C1NCC1=C(P)C=CC(CNC)C1C. The van der Waals surface area contributed by atoms with Crippen LogP contribution < -0.4 is 16.4 Å². The van der Waals surface area contributed by atoms with Crippen molar-refractivity contribution in [3.8, 4) is 0 Å². The number of nitrogens with two attached hydrogens (primary N) is 1. The van der Waals surface area contributed by atoms with Crippen molar-refractivity contribution in [3.05, 3.63) is 46.6 Å². The summed E-state index contributed by atoms with van der Waals surface area (Å²) in [5.74, 6) is 0.786. The first-order valence-electron chi connectivity index (χ1n) is 6.76. The molecule has 0 spiro atoms. The number of rotatable bonds is 5. The van der Waals surface area contributed by atoms with Gasteiger partial charge >= 0.3 is 0 Å². The summed E-state index contributed by atoms with van der Waals surface area (Å²) in [6, 6.07) is 0. The van der Waals surface area contributed by atoms with E-state index in [0.29, 0.717) is 35.3 Å². The van der Waals surface area contributed by atoms with Gasteiger partial charge in [-0.05, 0) is 29.8 Å². The van der Waals surface area contributed by atoms with Gasteiger partial charge in [-0.3, -0.25) is 4.79 Å². The molecule has 2 rings (SSSR count). The summed E-state index contributed by atoms with van der Waals surface area (Å²) >= 11 is 0. The molecule has 3 atom stereocenters. The van der Waals surface area contributed by atoms with Crippen LogP contribution in [0.15, 0.2) is 46.6 Å². The van der Waals surface area contributed by atoms with E-state index in [9.17, 15) is 4.79 Å². The summed E-state index contributed by atoms with van der Waals surface area (Å²) in [5, 5.41) is 7.67. The molecule has 20 heavy (non-hydrogen) atoms. The van der Waals surface area contributed by atoms with Gasteiger partial charge in [-0.15, -0.1) is 9.24 Å². The highest BCUT2D eigenvalue weighted by Gasteiger charge is 2.30. The van der Waals surface area contributed by atoms with Gasteiger partial charge in [-0.2, -0.15) is 0 Å². The molecule has 3 unspecified atom stereocenters. The molecule has 0 saturated heterocycles. The van der Waals surface area contributed by atoms with E-state index in [4.69, 9.17) is 5.73 Å². The van der Waals surface area contributed by atoms with E-state index < -0.39 is 0 Å². The minimum Gasteiger partial charge on any atom is -0.394 e. The monoisotopic (exact) mass is 291 g/mol. The van der Waals surface area contributed by atoms with Crippen LogP contribution in [0.3, 0.4) is 0 Å². The van der Waals surface area contributed by atoms with Gasteiger partial charge in [-0.1, -0.05) is 25.7 Å². The number of hydrogen-bond donors (Lipinski definition) is 3. The molecule has 4 nitrogen and oxygen atoms in total. The molecule has 108 valence electrons.